The van der Waals surface area contributed by atoms with Crippen molar-refractivity contribution in [2.45, 2.75) is 19.3 Å². The van der Waals surface area contributed by atoms with E-state index in [1.54, 1.807) is 0 Å². The number of hydrogen-bond acceptors (Lipinski definition) is 2. The van der Waals surface area contributed by atoms with Gasteiger partial charge < -0.3 is 13.9 Å². The summed E-state index contributed by atoms with van der Waals surface area (Å²) in [4.78, 5) is 2.40. The molecule has 0 unspecified atom stereocenters. The molecule has 0 spiro atoms. The molecule has 1 aliphatic carbocycles. The van der Waals surface area contributed by atoms with Crippen LogP contribution in [0.4, 0.5) is 17.1 Å². The van der Waals surface area contributed by atoms with Crippen LogP contribution in [0.25, 0.3) is 105 Å². The van der Waals surface area contributed by atoms with Gasteiger partial charge in [-0.15, -0.1) is 0 Å². The van der Waals surface area contributed by atoms with E-state index in [1.165, 1.54) is 83.0 Å². The Morgan fingerprint density at radius 2 is 0.708 bits per heavy atom. The Labute approximate surface area is 419 Å². The quantitative estimate of drug-likeness (QED) is 0.151. The first-order valence-corrected chi connectivity index (χ1v) is 24.9. The van der Waals surface area contributed by atoms with Crippen molar-refractivity contribution in [3.63, 3.8) is 0 Å². The van der Waals surface area contributed by atoms with Crippen LogP contribution in [0.3, 0.4) is 0 Å². The standard InChI is InChI=1S/C69H48N2O/c1-69(2)63-43-52(51-29-40-68-62(42-51)61-41-50(28-39-67(61)72-68)49-25-34-55(35-26-49)71-65-19-11-9-17-59(65)60-18-10-12-20-66(60)71)27-37-57(63)58-38-36-56(44-64(58)69)70(53-30-21-47(22-31-53)45-13-5-3-6-14-45)54-32-23-48(24-33-54)46-15-7-4-8-16-46/h3-44H,1-2H3. The Bertz CT molecular complexity index is 4060. The molecule has 0 saturated heterocycles. The molecule has 1 aliphatic rings. The van der Waals surface area contributed by atoms with Crippen molar-refractivity contribution in [3.8, 4) is 61.3 Å². The molecule has 72 heavy (non-hydrogen) atoms. The molecule has 14 rings (SSSR count). The molecular formula is C69H48N2O. The normalized spacial score (nSPS) is 12.7. The molecule has 0 N–H and O–H groups in total. The number of nitrogens with zero attached hydrogens (tertiary/aromatic N) is 2. The van der Waals surface area contributed by atoms with Crippen LogP contribution >= 0.6 is 0 Å². The van der Waals surface area contributed by atoms with Crippen LogP contribution in [0, 0.1) is 0 Å². The van der Waals surface area contributed by atoms with Gasteiger partial charge in [0.15, 0.2) is 0 Å². The van der Waals surface area contributed by atoms with Crippen LogP contribution in [0.5, 0.6) is 0 Å². The Morgan fingerprint density at radius 3 is 1.26 bits per heavy atom. The molecule has 0 saturated carbocycles. The van der Waals surface area contributed by atoms with Crippen LogP contribution in [0.2, 0.25) is 0 Å². The lowest BCUT2D eigenvalue weighted by Gasteiger charge is -2.28. The number of para-hydroxylation sites is 2. The molecule has 11 aromatic carbocycles. The summed E-state index contributed by atoms with van der Waals surface area (Å²) < 4.78 is 8.84. The third-order valence-corrected chi connectivity index (χ3v) is 15.2. The third kappa shape index (κ3) is 6.81. The van der Waals surface area contributed by atoms with E-state index in [2.05, 4.69) is 278 Å². The van der Waals surface area contributed by atoms with Gasteiger partial charge in [-0.05, 0) is 158 Å². The molecule has 2 aromatic heterocycles. The van der Waals surface area contributed by atoms with E-state index in [4.69, 9.17) is 4.42 Å². The fraction of sp³-hybridized carbons (Fsp3) is 0.0435. The molecular weight excluding hydrogens is 873 g/mol. The predicted molar refractivity (Wildman–Crippen MR) is 302 cm³/mol. The Balaban J connectivity index is 0.793. The molecule has 0 atom stereocenters. The van der Waals surface area contributed by atoms with E-state index in [0.717, 1.165) is 50.3 Å². The fourth-order valence-corrected chi connectivity index (χ4v) is 11.5. The Morgan fingerprint density at radius 1 is 0.319 bits per heavy atom. The zero-order chi connectivity index (χ0) is 47.9. The Hall–Kier alpha value is -9.18. The molecule has 2 heterocycles. The lowest BCUT2D eigenvalue weighted by molar-refractivity contribution is 0.660. The van der Waals surface area contributed by atoms with Crippen molar-refractivity contribution < 1.29 is 4.42 Å². The first kappa shape index (κ1) is 41.8. The van der Waals surface area contributed by atoms with Crippen molar-refractivity contribution in [2.24, 2.45) is 0 Å². The maximum Gasteiger partial charge on any atom is 0.135 e. The van der Waals surface area contributed by atoms with Crippen molar-refractivity contribution in [3.05, 3.63) is 266 Å². The minimum absolute atomic E-state index is 0.241. The summed E-state index contributed by atoms with van der Waals surface area (Å²) in [5.74, 6) is 0. The molecule has 340 valence electrons. The first-order valence-electron chi connectivity index (χ1n) is 24.9. The van der Waals surface area contributed by atoms with Crippen molar-refractivity contribution >= 4 is 60.8 Å². The molecule has 3 nitrogen and oxygen atoms in total. The zero-order valence-corrected chi connectivity index (χ0v) is 40.1. The first-order chi connectivity index (χ1) is 35.4. The van der Waals surface area contributed by atoms with Gasteiger partial charge in [0.2, 0.25) is 0 Å². The maximum absolute atomic E-state index is 6.47. The van der Waals surface area contributed by atoms with Gasteiger partial charge in [0.05, 0.1) is 11.0 Å². The van der Waals surface area contributed by atoms with Crippen LogP contribution in [0.15, 0.2) is 259 Å². The van der Waals surface area contributed by atoms with Crippen LogP contribution in [0.1, 0.15) is 25.0 Å². The van der Waals surface area contributed by atoms with Crippen LogP contribution < -0.4 is 4.90 Å². The van der Waals surface area contributed by atoms with E-state index < -0.39 is 0 Å². The molecule has 0 bridgehead atoms. The molecule has 0 amide bonds. The molecule has 0 radical (unpaired) electrons. The monoisotopic (exact) mass is 920 g/mol. The number of anilines is 3. The van der Waals surface area contributed by atoms with Gasteiger partial charge in [-0.1, -0.05) is 178 Å². The largest absolute Gasteiger partial charge is 0.456 e. The van der Waals surface area contributed by atoms with Crippen molar-refractivity contribution in [1.29, 1.82) is 0 Å². The summed E-state index contributed by atoms with van der Waals surface area (Å²) >= 11 is 0. The van der Waals surface area contributed by atoms with Gasteiger partial charge in [0.25, 0.3) is 0 Å². The number of rotatable bonds is 8. The van der Waals surface area contributed by atoms with Crippen LogP contribution in [-0.4, -0.2) is 4.57 Å². The van der Waals surface area contributed by atoms with Gasteiger partial charge in [-0.25, -0.2) is 0 Å². The minimum atomic E-state index is -0.241. The lowest BCUT2D eigenvalue weighted by Crippen LogP contribution is -2.16. The summed E-state index contributed by atoms with van der Waals surface area (Å²) in [5.41, 5.74) is 23.2. The number of benzene rings is 11. The summed E-state index contributed by atoms with van der Waals surface area (Å²) in [6.45, 7) is 4.76. The zero-order valence-electron chi connectivity index (χ0n) is 40.1. The second kappa shape index (κ2) is 16.5. The average Bonchev–Trinajstić information content (AvgIpc) is 4.06. The van der Waals surface area contributed by atoms with Gasteiger partial charge in [-0.3, -0.25) is 0 Å². The highest BCUT2D eigenvalue weighted by Crippen LogP contribution is 2.52. The SMILES string of the molecule is CC1(C)c2cc(-c3ccc4oc5ccc(-c6ccc(-n7c8ccccc8c8ccccc87)cc6)cc5c4c3)ccc2-c2ccc(N(c3ccc(-c4ccccc4)cc3)c3ccc(-c4ccccc4)cc3)cc21. The molecule has 3 heteroatoms. The van der Waals surface area contributed by atoms with Gasteiger partial charge >= 0.3 is 0 Å². The molecule has 0 fully saturated rings. The highest BCUT2D eigenvalue weighted by molar-refractivity contribution is 6.10. The second-order valence-corrected chi connectivity index (χ2v) is 19.7. The smallest absolute Gasteiger partial charge is 0.135 e. The average molecular weight is 921 g/mol. The maximum atomic E-state index is 6.47. The van der Waals surface area contributed by atoms with E-state index in [9.17, 15) is 0 Å². The lowest BCUT2D eigenvalue weighted by atomic mass is 9.81. The summed E-state index contributed by atoms with van der Waals surface area (Å²) in [6, 6.07) is 92.8. The van der Waals surface area contributed by atoms with Gasteiger partial charge in [0, 0.05) is 49.7 Å². The minimum Gasteiger partial charge on any atom is -0.456 e. The van der Waals surface area contributed by atoms with E-state index in [0.29, 0.717) is 0 Å². The number of fused-ring (bicyclic) bond motifs is 9. The van der Waals surface area contributed by atoms with Crippen LogP contribution in [-0.2, 0) is 5.41 Å². The molecule has 13 aromatic rings. The number of furan rings is 1. The van der Waals surface area contributed by atoms with E-state index in [-0.39, 0.29) is 5.41 Å². The van der Waals surface area contributed by atoms with Gasteiger partial charge in [-0.2, -0.15) is 0 Å². The fourth-order valence-electron chi connectivity index (χ4n) is 11.5. The number of hydrogen-bond donors (Lipinski definition) is 0. The molecule has 0 aliphatic heterocycles. The van der Waals surface area contributed by atoms with E-state index in [1.807, 2.05) is 0 Å². The van der Waals surface area contributed by atoms with Crippen molar-refractivity contribution in [1.82, 2.24) is 4.57 Å². The topological polar surface area (TPSA) is 21.3 Å². The van der Waals surface area contributed by atoms with E-state index >= 15 is 0 Å². The third-order valence-electron chi connectivity index (χ3n) is 15.2. The highest BCUT2D eigenvalue weighted by atomic mass is 16.3. The Kier molecular flexibility index (Phi) is 9.56. The summed E-state index contributed by atoms with van der Waals surface area (Å²) in [6.07, 6.45) is 0. The van der Waals surface area contributed by atoms with Crippen molar-refractivity contribution in [2.75, 3.05) is 4.90 Å². The second-order valence-electron chi connectivity index (χ2n) is 19.7. The highest BCUT2D eigenvalue weighted by Gasteiger charge is 2.36. The predicted octanol–water partition coefficient (Wildman–Crippen LogP) is 19.1. The number of aromatic nitrogens is 1. The summed E-state index contributed by atoms with van der Waals surface area (Å²) in [7, 11) is 0. The summed E-state index contributed by atoms with van der Waals surface area (Å²) in [5, 5.41) is 4.77. The van der Waals surface area contributed by atoms with Gasteiger partial charge in [0.1, 0.15) is 11.2 Å².